The highest BCUT2D eigenvalue weighted by molar-refractivity contribution is 5.73. The number of anilines is 1. The zero-order valence-electron chi connectivity index (χ0n) is 11.7. The highest BCUT2D eigenvalue weighted by atomic mass is 16.5. The smallest absolute Gasteiger partial charge is 0.260 e. The minimum Gasteiger partial charge on any atom is -0.497 e. The van der Waals surface area contributed by atoms with Crippen LogP contribution in [-0.2, 0) is 0 Å². The number of hydrogen-bond donors (Lipinski definition) is 1. The second-order valence-electron chi connectivity index (χ2n) is 4.57. The minimum absolute atomic E-state index is 0.352. The average Bonchev–Trinajstić information content (AvgIpc) is 2.97. The number of benzene rings is 1. The van der Waals surface area contributed by atoms with Crippen molar-refractivity contribution in [1.82, 2.24) is 15.1 Å². The normalized spacial score (nSPS) is 10.6. The lowest BCUT2D eigenvalue weighted by Crippen LogP contribution is -1.92. The Kier molecular flexibility index (Phi) is 3.27. The molecular formula is C15H14N4O2. The lowest BCUT2D eigenvalue weighted by atomic mass is 10.1. The van der Waals surface area contributed by atoms with E-state index in [9.17, 15) is 0 Å². The minimum atomic E-state index is 0.352. The number of nitrogens with zero attached hydrogens (tertiary/aromatic N) is 3. The largest absolute Gasteiger partial charge is 0.497 e. The van der Waals surface area contributed by atoms with Gasteiger partial charge in [0.15, 0.2) is 0 Å². The van der Waals surface area contributed by atoms with Crippen LogP contribution in [0.4, 0.5) is 5.69 Å². The van der Waals surface area contributed by atoms with Gasteiger partial charge in [-0.25, -0.2) is 0 Å². The summed E-state index contributed by atoms with van der Waals surface area (Å²) in [5, 5.41) is 4.00. The van der Waals surface area contributed by atoms with E-state index in [0.717, 1.165) is 11.1 Å². The molecule has 0 spiro atoms. The molecule has 0 aliphatic carbocycles. The van der Waals surface area contributed by atoms with Gasteiger partial charge in [-0.3, -0.25) is 4.98 Å². The van der Waals surface area contributed by atoms with E-state index >= 15 is 0 Å². The number of rotatable bonds is 3. The van der Waals surface area contributed by atoms with Crippen LogP contribution in [0, 0.1) is 6.92 Å². The fourth-order valence-electron chi connectivity index (χ4n) is 1.99. The van der Waals surface area contributed by atoms with E-state index < -0.39 is 0 Å². The van der Waals surface area contributed by atoms with E-state index in [1.165, 1.54) is 0 Å². The number of hydrogen-bond acceptors (Lipinski definition) is 6. The van der Waals surface area contributed by atoms with Gasteiger partial charge in [0.05, 0.1) is 12.7 Å². The summed E-state index contributed by atoms with van der Waals surface area (Å²) in [5.41, 5.74) is 9.01. The molecule has 3 aromatic rings. The quantitative estimate of drug-likeness (QED) is 0.743. The van der Waals surface area contributed by atoms with Gasteiger partial charge in [0.2, 0.25) is 5.82 Å². The van der Waals surface area contributed by atoms with Crippen molar-refractivity contribution in [2.75, 3.05) is 12.8 Å². The van der Waals surface area contributed by atoms with Gasteiger partial charge >= 0.3 is 0 Å². The number of methoxy groups -OCH3 is 1. The van der Waals surface area contributed by atoms with Crippen molar-refractivity contribution >= 4 is 5.69 Å². The maximum absolute atomic E-state index is 5.96. The van der Waals surface area contributed by atoms with E-state index in [0.29, 0.717) is 28.7 Å². The Bertz CT molecular complexity index is 783. The summed E-state index contributed by atoms with van der Waals surface area (Å²) in [5.74, 6) is 1.51. The van der Waals surface area contributed by atoms with Crippen LogP contribution in [0.15, 0.2) is 41.2 Å². The average molecular weight is 282 g/mol. The molecule has 0 amide bonds. The van der Waals surface area contributed by atoms with E-state index in [1.54, 1.807) is 37.7 Å². The third-order valence-electron chi connectivity index (χ3n) is 3.20. The fraction of sp³-hybridized carbons (Fsp3) is 0.133. The summed E-state index contributed by atoms with van der Waals surface area (Å²) in [6.45, 7) is 1.97. The zero-order valence-corrected chi connectivity index (χ0v) is 11.7. The molecule has 2 heterocycles. The van der Waals surface area contributed by atoms with Crippen molar-refractivity contribution in [2.24, 2.45) is 0 Å². The lowest BCUT2D eigenvalue weighted by molar-refractivity contribution is 0.413. The second-order valence-corrected chi connectivity index (χ2v) is 4.57. The highest BCUT2D eigenvalue weighted by Gasteiger charge is 2.15. The SMILES string of the molecule is COc1ccc(N)c(-c2nc(-c3cnccc3C)no2)c1. The van der Waals surface area contributed by atoms with Gasteiger partial charge in [-0.2, -0.15) is 4.98 Å². The standard InChI is InChI=1S/C15H14N4O2/c1-9-5-6-17-8-12(9)14-18-15(21-19-14)11-7-10(20-2)3-4-13(11)16/h3-8H,16H2,1-2H3. The zero-order chi connectivity index (χ0) is 14.8. The first kappa shape index (κ1) is 13.1. The highest BCUT2D eigenvalue weighted by Crippen LogP contribution is 2.30. The summed E-state index contributed by atoms with van der Waals surface area (Å²) < 4.78 is 10.5. The molecule has 0 radical (unpaired) electrons. The topological polar surface area (TPSA) is 87.1 Å². The molecule has 0 fully saturated rings. The van der Waals surface area contributed by atoms with Crippen LogP contribution in [0.5, 0.6) is 5.75 Å². The van der Waals surface area contributed by atoms with Crippen LogP contribution >= 0.6 is 0 Å². The fourth-order valence-corrected chi connectivity index (χ4v) is 1.99. The van der Waals surface area contributed by atoms with E-state index in [2.05, 4.69) is 15.1 Å². The summed E-state index contributed by atoms with van der Waals surface area (Å²) in [4.78, 5) is 8.48. The van der Waals surface area contributed by atoms with Crippen molar-refractivity contribution in [1.29, 1.82) is 0 Å². The maximum Gasteiger partial charge on any atom is 0.260 e. The van der Waals surface area contributed by atoms with Gasteiger partial charge in [0.1, 0.15) is 5.75 Å². The molecule has 21 heavy (non-hydrogen) atoms. The first-order chi connectivity index (χ1) is 10.2. The number of aryl methyl sites for hydroxylation is 1. The maximum atomic E-state index is 5.96. The van der Waals surface area contributed by atoms with Crippen molar-refractivity contribution in [2.45, 2.75) is 6.92 Å². The van der Waals surface area contributed by atoms with Crippen molar-refractivity contribution < 1.29 is 9.26 Å². The van der Waals surface area contributed by atoms with Crippen molar-refractivity contribution in [3.8, 4) is 28.6 Å². The molecule has 0 saturated heterocycles. The van der Waals surface area contributed by atoms with E-state index in [-0.39, 0.29) is 0 Å². The Morgan fingerprint density at radius 1 is 1.19 bits per heavy atom. The van der Waals surface area contributed by atoms with Gasteiger partial charge in [-0.1, -0.05) is 5.16 Å². The molecule has 0 atom stereocenters. The number of nitrogen functional groups attached to an aromatic ring is 1. The van der Waals surface area contributed by atoms with Gasteiger partial charge in [0.25, 0.3) is 5.89 Å². The second kappa shape index (κ2) is 5.24. The molecule has 0 saturated carbocycles. The molecule has 0 aliphatic heterocycles. The molecule has 6 nitrogen and oxygen atoms in total. The molecule has 2 aromatic heterocycles. The van der Waals surface area contributed by atoms with Crippen LogP contribution in [-0.4, -0.2) is 22.2 Å². The summed E-state index contributed by atoms with van der Waals surface area (Å²) in [6, 6.07) is 7.18. The van der Waals surface area contributed by atoms with Gasteiger partial charge in [0, 0.05) is 23.6 Å². The molecular weight excluding hydrogens is 268 g/mol. The first-order valence-electron chi connectivity index (χ1n) is 6.37. The van der Waals surface area contributed by atoms with Crippen LogP contribution in [0.2, 0.25) is 0 Å². The van der Waals surface area contributed by atoms with Crippen LogP contribution in [0.25, 0.3) is 22.8 Å². The Labute approximate surface area is 121 Å². The number of pyridine rings is 1. The molecule has 0 bridgehead atoms. The van der Waals surface area contributed by atoms with Crippen LogP contribution in [0.1, 0.15) is 5.56 Å². The summed E-state index contributed by atoms with van der Waals surface area (Å²) in [7, 11) is 1.59. The van der Waals surface area contributed by atoms with Crippen LogP contribution < -0.4 is 10.5 Å². The molecule has 3 rings (SSSR count). The number of nitrogens with two attached hydrogens (primary N) is 1. The molecule has 106 valence electrons. The molecule has 0 aliphatic rings. The molecule has 0 unspecified atom stereocenters. The molecule has 2 N–H and O–H groups in total. The third kappa shape index (κ3) is 2.43. The van der Waals surface area contributed by atoms with Gasteiger partial charge in [-0.05, 0) is 36.8 Å². The lowest BCUT2D eigenvalue weighted by Gasteiger charge is -2.04. The van der Waals surface area contributed by atoms with E-state index in [4.69, 9.17) is 15.0 Å². The van der Waals surface area contributed by atoms with Crippen LogP contribution in [0.3, 0.4) is 0 Å². The third-order valence-corrected chi connectivity index (χ3v) is 3.20. The monoisotopic (exact) mass is 282 g/mol. The predicted molar refractivity (Wildman–Crippen MR) is 78.7 cm³/mol. The first-order valence-corrected chi connectivity index (χ1v) is 6.37. The summed E-state index contributed by atoms with van der Waals surface area (Å²) in [6.07, 6.45) is 3.43. The number of aromatic nitrogens is 3. The van der Waals surface area contributed by atoms with Crippen molar-refractivity contribution in [3.05, 3.63) is 42.2 Å². The Hall–Kier alpha value is -2.89. The Morgan fingerprint density at radius 3 is 2.81 bits per heavy atom. The molecule has 6 heteroatoms. The Balaban J connectivity index is 2.05. The molecule has 1 aromatic carbocycles. The number of ether oxygens (including phenoxy) is 1. The van der Waals surface area contributed by atoms with Gasteiger partial charge in [-0.15, -0.1) is 0 Å². The van der Waals surface area contributed by atoms with E-state index in [1.807, 2.05) is 13.0 Å². The van der Waals surface area contributed by atoms with Gasteiger partial charge < -0.3 is 15.0 Å². The predicted octanol–water partition coefficient (Wildman–Crippen LogP) is 2.70. The summed E-state index contributed by atoms with van der Waals surface area (Å²) >= 11 is 0. The Morgan fingerprint density at radius 2 is 2.05 bits per heavy atom. The van der Waals surface area contributed by atoms with Crippen molar-refractivity contribution in [3.63, 3.8) is 0 Å².